The van der Waals surface area contributed by atoms with E-state index < -0.39 is 5.91 Å². The maximum atomic E-state index is 11.4. The number of likely N-dealkylation sites (tertiary alicyclic amines) is 1. The molecule has 1 amide bonds. The number of carbonyl (C=O) groups is 1. The van der Waals surface area contributed by atoms with Gasteiger partial charge in [0.15, 0.2) is 5.76 Å². The van der Waals surface area contributed by atoms with Gasteiger partial charge in [-0.3, -0.25) is 15.1 Å². The molecule has 1 aliphatic rings. The van der Waals surface area contributed by atoms with Gasteiger partial charge >= 0.3 is 5.91 Å². The van der Waals surface area contributed by atoms with Crippen molar-refractivity contribution >= 4 is 5.91 Å². The largest absolute Gasteiger partial charge is 0.454 e. The number of aliphatic hydroxyl groups is 1. The van der Waals surface area contributed by atoms with Gasteiger partial charge in [0.1, 0.15) is 5.76 Å². The van der Waals surface area contributed by atoms with Crippen LogP contribution < -0.4 is 11.3 Å². The summed E-state index contributed by atoms with van der Waals surface area (Å²) >= 11 is 0. The van der Waals surface area contributed by atoms with E-state index in [1.807, 2.05) is 13.0 Å². The highest BCUT2D eigenvalue weighted by molar-refractivity contribution is 5.92. The number of nitrogen functional groups attached to an aromatic ring is 1. The van der Waals surface area contributed by atoms with E-state index in [9.17, 15) is 9.90 Å². The lowest BCUT2D eigenvalue weighted by Crippen LogP contribution is -2.35. The van der Waals surface area contributed by atoms with Crippen LogP contribution in [0.1, 0.15) is 34.7 Å². The molecule has 1 aromatic heterocycles. The second kappa shape index (κ2) is 5.51. The number of hydrogen-bond acceptors (Lipinski definition) is 5. The standard InChI is InChI=1S/C12H19N3O3/c1-8-6-10(18-11(8)12(17)14-13)7-15-4-2-9(16)3-5-15/h6,9,16H,2-5,7,13H2,1H3,(H,14,17). The maximum absolute atomic E-state index is 11.4. The van der Waals surface area contributed by atoms with Crippen molar-refractivity contribution in [3.8, 4) is 0 Å². The lowest BCUT2D eigenvalue weighted by Gasteiger charge is -2.28. The lowest BCUT2D eigenvalue weighted by atomic mass is 10.1. The van der Waals surface area contributed by atoms with Crippen molar-refractivity contribution in [1.29, 1.82) is 0 Å². The Morgan fingerprint density at radius 2 is 2.28 bits per heavy atom. The van der Waals surface area contributed by atoms with Gasteiger partial charge in [-0.15, -0.1) is 0 Å². The molecule has 2 rings (SSSR count). The highest BCUT2D eigenvalue weighted by Gasteiger charge is 2.20. The number of aryl methyl sites for hydroxylation is 1. The number of amides is 1. The number of rotatable bonds is 3. The molecule has 100 valence electrons. The normalized spacial score (nSPS) is 17.9. The van der Waals surface area contributed by atoms with E-state index in [2.05, 4.69) is 10.3 Å². The minimum Gasteiger partial charge on any atom is -0.454 e. The Labute approximate surface area is 106 Å². The number of nitrogens with two attached hydrogens (primary N) is 1. The molecule has 0 unspecified atom stereocenters. The fourth-order valence-corrected chi connectivity index (χ4v) is 2.21. The smallest absolute Gasteiger partial charge is 0.301 e. The molecule has 6 nitrogen and oxygen atoms in total. The van der Waals surface area contributed by atoms with Crippen molar-refractivity contribution in [1.82, 2.24) is 10.3 Å². The van der Waals surface area contributed by atoms with E-state index in [0.29, 0.717) is 6.54 Å². The molecule has 1 aliphatic heterocycles. The van der Waals surface area contributed by atoms with E-state index in [4.69, 9.17) is 10.3 Å². The summed E-state index contributed by atoms with van der Waals surface area (Å²) in [7, 11) is 0. The predicted octanol–water partition coefficient (Wildman–Crippen LogP) is 0.148. The van der Waals surface area contributed by atoms with Crippen LogP contribution in [0, 0.1) is 6.92 Å². The summed E-state index contributed by atoms with van der Waals surface area (Å²) in [5.41, 5.74) is 2.85. The van der Waals surface area contributed by atoms with Gasteiger partial charge in [0.2, 0.25) is 0 Å². The van der Waals surface area contributed by atoms with Crippen LogP contribution in [0.3, 0.4) is 0 Å². The maximum Gasteiger partial charge on any atom is 0.301 e. The molecule has 0 atom stereocenters. The SMILES string of the molecule is Cc1cc(CN2CCC(O)CC2)oc1C(=O)NN. The second-order valence-electron chi connectivity index (χ2n) is 4.71. The predicted molar refractivity (Wildman–Crippen MR) is 65.6 cm³/mol. The molecule has 1 saturated heterocycles. The number of nitrogens with one attached hydrogen (secondary N) is 1. The first-order valence-electron chi connectivity index (χ1n) is 6.11. The van der Waals surface area contributed by atoms with Crippen LogP contribution in [-0.4, -0.2) is 35.1 Å². The Hall–Kier alpha value is -1.37. The van der Waals surface area contributed by atoms with Crippen LogP contribution in [0.15, 0.2) is 10.5 Å². The first kappa shape index (κ1) is 13.1. The average Bonchev–Trinajstić information content (AvgIpc) is 2.72. The van der Waals surface area contributed by atoms with E-state index in [1.54, 1.807) is 0 Å². The Morgan fingerprint density at radius 3 is 2.89 bits per heavy atom. The number of nitrogens with zero attached hydrogens (tertiary/aromatic N) is 1. The first-order valence-corrected chi connectivity index (χ1v) is 6.11. The molecule has 6 heteroatoms. The van der Waals surface area contributed by atoms with E-state index in [-0.39, 0.29) is 11.9 Å². The van der Waals surface area contributed by atoms with Gasteiger partial charge in [0.25, 0.3) is 0 Å². The summed E-state index contributed by atoms with van der Waals surface area (Å²) in [4.78, 5) is 13.6. The lowest BCUT2D eigenvalue weighted by molar-refractivity contribution is 0.0753. The third kappa shape index (κ3) is 2.90. The Kier molecular flexibility index (Phi) is 4.00. The Balaban J connectivity index is 2.00. The summed E-state index contributed by atoms with van der Waals surface area (Å²) in [5.74, 6) is 5.69. The highest BCUT2D eigenvalue weighted by atomic mass is 16.4. The zero-order chi connectivity index (χ0) is 13.1. The monoisotopic (exact) mass is 253 g/mol. The van der Waals surface area contributed by atoms with Crippen LogP contribution in [0.5, 0.6) is 0 Å². The molecule has 0 radical (unpaired) electrons. The van der Waals surface area contributed by atoms with Gasteiger partial charge in [-0.2, -0.15) is 0 Å². The van der Waals surface area contributed by atoms with Gasteiger partial charge in [0.05, 0.1) is 12.6 Å². The molecule has 0 spiro atoms. The van der Waals surface area contributed by atoms with Gasteiger partial charge in [0, 0.05) is 18.7 Å². The quantitative estimate of drug-likeness (QED) is 0.405. The Bertz CT molecular complexity index is 422. The van der Waals surface area contributed by atoms with Gasteiger partial charge < -0.3 is 9.52 Å². The minimum absolute atomic E-state index is 0.182. The van der Waals surface area contributed by atoms with E-state index >= 15 is 0 Å². The molecular formula is C12H19N3O3. The molecule has 18 heavy (non-hydrogen) atoms. The summed E-state index contributed by atoms with van der Waals surface area (Å²) in [6.45, 7) is 4.17. The zero-order valence-corrected chi connectivity index (χ0v) is 10.5. The van der Waals surface area contributed by atoms with Gasteiger partial charge in [-0.25, -0.2) is 5.84 Å². The van der Waals surface area contributed by atoms with Crippen LogP contribution >= 0.6 is 0 Å². The molecule has 4 N–H and O–H groups in total. The van der Waals surface area contributed by atoms with Crippen molar-refractivity contribution in [3.05, 3.63) is 23.2 Å². The van der Waals surface area contributed by atoms with Crippen LogP contribution in [0.2, 0.25) is 0 Å². The molecular weight excluding hydrogens is 234 g/mol. The van der Waals surface area contributed by atoms with Crippen LogP contribution in [-0.2, 0) is 6.54 Å². The first-order chi connectivity index (χ1) is 8.60. The molecule has 0 bridgehead atoms. The fourth-order valence-electron chi connectivity index (χ4n) is 2.21. The molecule has 1 aromatic rings. The summed E-state index contributed by atoms with van der Waals surface area (Å²) < 4.78 is 5.50. The average molecular weight is 253 g/mol. The van der Waals surface area contributed by atoms with Crippen molar-refractivity contribution in [2.75, 3.05) is 13.1 Å². The number of hydrogen-bond donors (Lipinski definition) is 3. The third-order valence-corrected chi connectivity index (χ3v) is 3.24. The van der Waals surface area contributed by atoms with Crippen LogP contribution in [0.25, 0.3) is 0 Å². The van der Waals surface area contributed by atoms with Crippen molar-refractivity contribution in [2.45, 2.75) is 32.4 Å². The second-order valence-corrected chi connectivity index (χ2v) is 4.71. The molecule has 0 saturated carbocycles. The third-order valence-electron chi connectivity index (χ3n) is 3.24. The van der Waals surface area contributed by atoms with Gasteiger partial charge in [-0.1, -0.05) is 0 Å². The van der Waals surface area contributed by atoms with Crippen molar-refractivity contribution in [2.24, 2.45) is 5.84 Å². The molecule has 0 aliphatic carbocycles. The highest BCUT2D eigenvalue weighted by Crippen LogP contribution is 2.18. The topological polar surface area (TPSA) is 91.7 Å². The molecule has 0 aromatic carbocycles. The zero-order valence-electron chi connectivity index (χ0n) is 10.5. The van der Waals surface area contributed by atoms with Crippen molar-refractivity contribution in [3.63, 3.8) is 0 Å². The molecule has 1 fully saturated rings. The number of aliphatic hydroxyl groups excluding tert-OH is 1. The minimum atomic E-state index is -0.409. The number of piperidine rings is 1. The summed E-state index contributed by atoms with van der Waals surface area (Å²) in [5, 5.41) is 9.43. The van der Waals surface area contributed by atoms with Crippen LogP contribution in [0.4, 0.5) is 0 Å². The number of carbonyl (C=O) groups excluding carboxylic acids is 1. The summed E-state index contributed by atoms with van der Waals surface area (Å²) in [6, 6.07) is 1.86. The van der Waals surface area contributed by atoms with Crippen molar-refractivity contribution < 1.29 is 14.3 Å². The fraction of sp³-hybridized carbons (Fsp3) is 0.583. The summed E-state index contributed by atoms with van der Waals surface area (Å²) in [6.07, 6.45) is 1.39. The van der Waals surface area contributed by atoms with Gasteiger partial charge in [-0.05, 0) is 25.8 Å². The van der Waals surface area contributed by atoms with E-state index in [0.717, 1.165) is 37.3 Å². The number of hydrazine groups is 1. The number of furan rings is 1. The molecule has 2 heterocycles. The van der Waals surface area contributed by atoms with E-state index in [1.165, 1.54) is 0 Å². The Morgan fingerprint density at radius 1 is 1.61 bits per heavy atom.